The summed E-state index contributed by atoms with van der Waals surface area (Å²) >= 11 is 1.56. The van der Waals surface area contributed by atoms with Crippen LogP contribution in [0.15, 0.2) is 54.0 Å². The van der Waals surface area contributed by atoms with Crippen LogP contribution in [0.4, 0.5) is 0 Å². The molecular formula is C21H20N4O3S. The second-order valence-corrected chi connectivity index (χ2v) is 8.27. The average Bonchev–Trinajstić information content (AvgIpc) is 3.45. The Morgan fingerprint density at radius 2 is 2.10 bits per heavy atom. The SMILES string of the molecule is O=C1CO[C@@H]2CN(C(=O)c3cn[nH]c3-c3cccs3)CC[C@@]2(c2ccccc2)N1. The lowest BCUT2D eigenvalue weighted by atomic mass is 9.77. The zero-order valence-electron chi connectivity index (χ0n) is 15.6. The van der Waals surface area contributed by atoms with Gasteiger partial charge in [-0.15, -0.1) is 11.3 Å². The van der Waals surface area contributed by atoms with Crippen LogP contribution in [0.5, 0.6) is 0 Å². The van der Waals surface area contributed by atoms with Crippen LogP contribution in [0, 0.1) is 0 Å². The molecule has 3 aromatic rings. The molecule has 2 atom stereocenters. The number of nitrogens with zero attached hydrogens (tertiary/aromatic N) is 2. The van der Waals surface area contributed by atoms with Gasteiger partial charge in [0.2, 0.25) is 5.91 Å². The first-order valence-corrected chi connectivity index (χ1v) is 10.4. The highest BCUT2D eigenvalue weighted by Gasteiger charge is 2.50. The molecule has 2 N–H and O–H groups in total. The van der Waals surface area contributed by atoms with Gasteiger partial charge in [0.25, 0.3) is 5.91 Å². The lowest BCUT2D eigenvalue weighted by Crippen LogP contribution is -2.67. The smallest absolute Gasteiger partial charge is 0.257 e. The van der Waals surface area contributed by atoms with Crippen molar-refractivity contribution in [3.63, 3.8) is 0 Å². The van der Waals surface area contributed by atoms with Gasteiger partial charge < -0.3 is 15.0 Å². The molecule has 2 fully saturated rings. The normalized spacial score (nSPS) is 24.1. The highest BCUT2D eigenvalue weighted by atomic mass is 32.1. The lowest BCUT2D eigenvalue weighted by molar-refractivity contribution is -0.150. The van der Waals surface area contributed by atoms with Gasteiger partial charge in [-0.25, -0.2) is 0 Å². The van der Waals surface area contributed by atoms with Crippen LogP contribution in [-0.2, 0) is 15.1 Å². The van der Waals surface area contributed by atoms with Crippen LogP contribution >= 0.6 is 11.3 Å². The number of benzene rings is 1. The van der Waals surface area contributed by atoms with Crippen molar-refractivity contribution in [1.82, 2.24) is 20.4 Å². The van der Waals surface area contributed by atoms with Crippen molar-refractivity contribution in [3.05, 3.63) is 65.2 Å². The van der Waals surface area contributed by atoms with Crippen molar-refractivity contribution < 1.29 is 14.3 Å². The first-order chi connectivity index (χ1) is 14.2. The van der Waals surface area contributed by atoms with Gasteiger partial charge in [0.15, 0.2) is 0 Å². The van der Waals surface area contributed by atoms with Crippen LogP contribution in [-0.4, -0.2) is 52.7 Å². The van der Waals surface area contributed by atoms with Gasteiger partial charge >= 0.3 is 0 Å². The molecule has 8 heteroatoms. The predicted molar refractivity (Wildman–Crippen MR) is 108 cm³/mol. The molecule has 29 heavy (non-hydrogen) atoms. The topological polar surface area (TPSA) is 87.3 Å². The van der Waals surface area contributed by atoms with Crippen molar-refractivity contribution in [2.75, 3.05) is 19.7 Å². The van der Waals surface area contributed by atoms with Gasteiger partial charge in [0.1, 0.15) is 12.7 Å². The Hall–Kier alpha value is -2.97. The average molecular weight is 408 g/mol. The van der Waals surface area contributed by atoms with Crippen LogP contribution in [0.3, 0.4) is 0 Å². The van der Waals surface area contributed by atoms with Crippen LogP contribution in [0.25, 0.3) is 10.6 Å². The van der Waals surface area contributed by atoms with E-state index in [1.807, 2.05) is 47.8 Å². The summed E-state index contributed by atoms with van der Waals surface area (Å²) in [6, 6.07) is 13.8. The van der Waals surface area contributed by atoms with E-state index in [0.29, 0.717) is 25.1 Å². The highest BCUT2D eigenvalue weighted by Crippen LogP contribution is 2.38. The molecule has 2 aliphatic heterocycles. The molecular weight excluding hydrogens is 388 g/mol. The van der Waals surface area contributed by atoms with E-state index in [9.17, 15) is 9.59 Å². The van der Waals surface area contributed by atoms with Crippen molar-refractivity contribution in [3.8, 4) is 10.6 Å². The number of morpholine rings is 1. The Bertz CT molecular complexity index is 1030. The quantitative estimate of drug-likeness (QED) is 0.697. The molecule has 0 aliphatic carbocycles. The lowest BCUT2D eigenvalue weighted by Gasteiger charge is -2.50. The zero-order valence-corrected chi connectivity index (χ0v) is 16.4. The van der Waals surface area contributed by atoms with Crippen LogP contribution < -0.4 is 5.32 Å². The number of carbonyl (C=O) groups excluding carboxylic acids is 2. The number of H-pyrrole nitrogens is 1. The zero-order chi connectivity index (χ0) is 19.8. The number of hydrogen-bond donors (Lipinski definition) is 2. The third-order valence-corrected chi connectivity index (χ3v) is 6.59. The van der Waals surface area contributed by atoms with Crippen molar-refractivity contribution in [2.45, 2.75) is 18.1 Å². The van der Waals surface area contributed by atoms with Gasteiger partial charge in [-0.3, -0.25) is 14.7 Å². The maximum Gasteiger partial charge on any atom is 0.257 e. The predicted octanol–water partition coefficient (Wildman–Crippen LogP) is 2.39. The minimum absolute atomic E-state index is 0.00738. The van der Waals surface area contributed by atoms with Gasteiger partial charge in [-0.05, 0) is 23.4 Å². The summed E-state index contributed by atoms with van der Waals surface area (Å²) in [7, 11) is 0. The monoisotopic (exact) mass is 408 g/mol. The molecule has 4 heterocycles. The third-order valence-electron chi connectivity index (χ3n) is 5.70. The van der Waals surface area contributed by atoms with E-state index in [2.05, 4.69) is 15.5 Å². The number of ether oxygens (including phenoxy) is 1. The molecule has 2 aromatic heterocycles. The summed E-state index contributed by atoms with van der Waals surface area (Å²) < 4.78 is 5.92. The molecule has 0 bridgehead atoms. The summed E-state index contributed by atoms with van der Waals surface area (Å²) in [6.45, 7) is 0.930. The number of aromatic nitrogens is 2. The van der Waals surface area contributed by atoms with Gasteiger partial charge in [0, 0.05) is 13.1 Å². The van der Waals surface area contributed by atoms with E-state index in [1.54, 1.807) is 22.4 Å². The van der Waals surface area contributed by atoms with E-state index in [-0.39, 0.29) is 24.5 Å². The summed E-state index contributed by atoms with van der Waals surface area (Å²) in [5.41, 5.74) is 1.69. The number of fused-ring (bicyclic) bond motifs is 1. The third kappa shape index (κ3) is 3.04. The molecule has 7 nitrogen and oxygen atoms in total. The molecule has 148 valence electrons. The first kappa shape index (κ1) is 18.1. The standard InChI is InChI=1S/C21H20N4O3S/c26-18-13-28-17-12-25(9-8-21(17,23-18)14-5-2-1-3-6-14)20(27)15-11-22-24-19(15)16-7-4-10-29-16/h1-7,10-11,17H,8-9,12-13H2,(H,22,24)(H,23,26)/t17-,21+/m1/s1. The Labute approximate surface area is 171 Å². The fourth-order valence-electron chi connectivity index (χ4n) is 4.27. The Morgan fingerprint density at radius 3 is 2.90 bits per heavy atom. The maximum absolute atomic E-state index is 13.3. The minimum Gasteiger partial charge on any atom is -0.364 e. The van der Waals surface area contributed by atoms with Gasteiger partial charge in [-0.2, -0.15) is 5.10 Å². The number of thiophene rings is 1. The Kier molecular flexibility index (Phi) is 4.44. The maximum atomic E-state index is 13.3. The second kappa shape index (κ2) is 7.13. The van der Waals surface area contributed by atoms with Gasteiger partial charge in [-0.1, -0.05) is 36.4 Å². The van der Waals surface area contributed by atoms with E-state index in [1.165, 1.54) is 0 Å². The van der Waals surface area contributed by atoms with Gasteiger partial charge in [0.05, 0.1) is 27.9 Å². The summed E-state index contributed by atoms with van der Waals surface area (Å²) in [6.07, 6.45) is 1.86. The number of piperidine rings is 1. The number of amides is 2. The molecule has 0 unspecified atom stereocenters. The molecule has 0 spiro atoms. The fraction of sp³-hybridized carbons (Fsp3) is 0.286. The molecule has 2 amide bonds. The number of carbonyl (C=O) groups is 2. The van der Waals surface area contributed by atoms with Crippen LogP contribution in [0.2, 0.25) is 0 Å². The Morgan fingerprint density at radius 1 is 1.24 bits per heavy atom. The number of hydrogen-bond acceptors (Lipinski definition) is 5. The Balaban J connectivity index is 1.43. The number of nitrogens with one attached hydrogen (secondary N) is 2. The van der Waals surface area contributed by atoms with Crippen molar-refractivity contribution in [2.24, 2.45) is 0 Å². The van der Waals surface area contributed by atoms with E-state index in [4.69, 9.17) is 4.74 Å². The second-order valence-electron chi connectivity index (χ2n) is 7.32. The van der Waals surface area contributed by atoms with Crippen LogP contribution in [0.1, 0.15) is 22.3 Å². The summed E-state index contributed by atoms with van der Waals surface area (Å²) in [5, 5.41) is 12.2. The summed E-state index contributed by atoms with van der Waals surface area (Å²) in [4.78, 5) is 28.2. The molecule has 2 saturated heterocycles. The number of aromatic amines is 1. The fourth-order valence-corrected chi connectivity index (χ4v) is 5.00. The largest absolute Gasteiger partial charge is 0.364 e. The number of rotatable bonds is 3. The minimum atomic E-state index is -0.611. The van der Waals surface area contributed by atoms with E-state index in [0.717, 1.165) is 16.1 Å². The summed E-state index contributed by atoms with van der Waals surface area (Å²) in [5.74, 6) is -0.205. The van der Waals surface area contributed by atoms with Crippen molar-refractivity contribution in [1.29, 1.82) is 0 Å². The molecule has 0 saturated carbocycles. The first-order valence-electron chi connectivity index (χ1n) is 9.52. The highest BCUT2D eigenvalue weighted by molar-refractivity contribution is 7.13. The van der Waals surface area contributed by atoms with E-state index >= 15 is 0 Å². The molecule has 2 aliphatic rings. The molecule has 0 radical (unpaired) electrons. The molecule has 1 aromatic carbocycles. The van der Waals surface area contributed by atoms with E-state index < -0.39 is 5.54 Å². The number of likely N-dealkylation sites (tertiary alicyclic amines) is 1. The molecule has 5 rings (SSSR count). The van der Waals surface area contributed by atoms with Crippen molar-refractivity contribution >= 4 is 23.2 Å².